The molecular weight excluding hydrogens is 328 g/mol. The van der Waals surface area contributed by atoms with Crippen molar-refractivity contribution < 1.29 is 17.9 Å². The first-order valence-corrected chi connectivity index (χ1v) is 9.91. The van der Waals surface area contributed by atoms with Crippen LogP contribution in [0.1, 0.15) is 33.6 Å². The summed E-state index contributed by atoms with van der Waals surface area (Å²) in [7, 11) is -1.86. The van der Waals surface area contributed by atoms with E-state index in [1.165, 1.54) is 4.31 Å². The van der Waals surface area contributed by atoms with E-state index < -0.39 is 10.0 Å². The molecule has 0 fully saturated rings. The van der Waals surface area contributed by atoms with E-state index in [-0.39, 0.29) is 18.5 Å². The maximum atomic E-state index is 12.0. The predicted octanol–water partition coefficient (Wildman–Crippen LogP) is 2.40. The Bertz CT molecular complexity index is 626. The molecule has 24 heavy (non-hydrogen) atoms. The summed E-state index contributed by atoms with van der Waals surface area (Å²) in [5.41, 5.74) is 0.564. The number of benzene rings is 1. The first kappa shape index (κ1) is 20.3. The molecule has 0 spiro atoms. The zero-order valence-corrected chi connectivity index (χ0v) is 15.9. The molecule has 1 amide bonds. The Hall–Kier alpha value is -1.76. The van der Waals surface area contributed by atoms with Crippen molar-refractivity contribution in [1.29, 1.82) is 0 Å². The molecule has 1 rings (SSSR count). The van der Waals surface area contributed by atoms with E-state index in [1.807, 2.05) is 20.8 Å². The molecule has 6 nitrogen and oxygen atoms in total. The summed E-state index contributed by atoms with van der Waals surface area (Å²) in [6.07, 6.45) is 1.91. The van der Waals surface area contributed by atoms with Gasteiger partial charge in [0.05, 0.1) is 19.1 Å². The van der Waals surface area contributed by atoms with Crippen LogP contribution in [0.15, 0.2) is 24.3 Å². The minimum Gasteiger partial charge on any atom is -0.497 e. The Morgan fingerprint density at radius 2 is 1.79 bits per heavy atom. The maximum Gasteiger partial charge on any atom is 0.232 e. The van der Waals surface area contributed by atoms with Gasteiger partial charge in [-0.2, -0.15) is 0 Å². The molecule has 7 heteroatoms. The molecule has 1 N–H and O–H groups in total. The number of nitrogens with zero attached hydrogens (tertiary/aromatic N) is 1. The third-order valence-electron chi connectivity index (χ3n) is 3.91. The van der Waals surface area contributed by atoms with E-state index in [0.717, 1.165) is 6.26 Å². The third kappa shape index (κ3) is 6.39. The summed E-state index contributed by atoms with van der Waals surface area (Å²) >= 11 is 0. The molecule has 0 aliphatic carbocycles. The third-order valence-corrected chi connectivity index (χ3v) is 5.11. The van der Waals surface area contributed by atoms with Crippen LogP contribution in [0.5, 0.6) is 5.75 Å². The summed E-state index contributed by atoms with van der Waals surface area (Å²) in [5, 5.41) is 2.92. The van der Waals surface area contributed by atoms with Crippen LogP contribution in [0, 0.1) is 5.92 Å². The van der Waals surface area contributed by atoms with Crippen molar-refractivity contribution in [3.8, 4) is 5.75 Å². The molecule has 0 bridgehead atoms. The number of anilines is 1. The van der Waals surface area contributed by atoms with Gasteiger partial charge in [0.2, 0.25) is 15.9 Å². The monoisotopic (exact) mass is 356 g/mol. The van der Waals surface area contributed by atoms with Crippen LogP contribution in [0.4, 0.5) is 5.69 Å². The van der Waals surface area contributed by atoms with Crippen molar-refractivity contribution in [1.82, 2.24) is 5.32 Å². The lowest BCUT2D eigenvalue weighted by Crippen LogP contribution is -2.37. The molecule has 1 aromatic carbocycles. The van der Waals surface area contributed by atoms with Crippen molar-refractivity contribution in [2.45, 2.75) is 39.7 Å². The summed E-state index contributed by atoms with van der Waals surface area (Å²) in [6.45, 7) is 6.30. The molecule has 136 valence electrons. The summed E-state index contributed by atoms with van der Waals surface area (Å²) in [5.74, 6) is 0.967. The van der Waals surface area contributed by atoms with E-state index in [9.17, 15) is 13.2 Å². The van der Waals surface area contributed by atoms with E-state index >= 15 is 0 Å². The second-order valence-electron chi connectivity index (χ2n) is 6.24. The van der Waals surface area contributed by atoms with E-state index in [4.69, 9.17) is 4.74 Å². The predicted molar refractivity (Wildman–Crippen MR) is 96.9 cm³/mol. The molecule has 0 saturated carbocycles. The minimum absolute atomic E-state index is 0.0561. The number of hydrogen-bond acceptors (Lipinski definition) is 4. The van der Waals surface area contributed by atoms with Gasteiger partial charge in [0.1, 0.15) is 5.75 Å². The zero-order chi connectivity index (χ0) is 18.3. The van der Waals surface area contributed by atoms with Crippen LogP contribution in [0.2, 0.25) is 0 Å². The Morgan fingerprint density at radius 3 is 2.25 bits per heavy atom. The van der Waals surface area contributed by atoms with Crippen LogP contribution in [-0.2, 0) is 14.8 Å². The van der Waals surface area contributed by atoms with Crippen LogP contribution in [0.3, 0.4) is 0 Å². The van der Waals surface area contributed by atoms with Crippen LogP contribution in [-0.4, -0.2) is 40.3 Å². The fourth-order valence-electron chi connectivity index (χ4n) is 2.11. The molecule has 0 unspecified atom stereocenters. The number of rotatable bonds is 9. The minimum atomic E-state index is -3.41. The molecule has 0 radical (unpaired) electrons. The molecule has 0 aromatic heterocycles. The van der Waals surface area contributed by atoms with E-state index in [1.54, 1.807) is 31.4 Å². The van der Waals surface area contributed by atoms with Gasteiger partial charge in [0.15, 0.2) is 0 Å². The van der Waals surface area contributed by atoms with Crippen LogP contribution in [0.25, 0.3) is 0 Å². The van der Waals surface area contributed by atoms with Gasteiger partial charge in [0.25, 0.3) is 0 Å². The quantitative estimate of drug-likeness (QED) is 0.737. The molecular formula is C17H28N2O4S. The fraction of sp³-hybridized carbons (Fsp3) is 0.588. The highest BCUT2D eigenvalue weighted by Gasteiger charge is 2.18. The molecule has 0 aliphatic rings. The van der Waals surface area contributed by atoms with Crippen molar-refractivity contribution in [3.05, 3.63) is 24.3 Å². The number of carbonyl (C=O) groups excluding carboxylic acids is 1. The van der Waals surface area contributed by atoms with Gasteiger partial charge in [0, 0.05) is 19.0 Å². The Labute approximate surface area is 145 Å². The van der Waals surface area contributed by atoms with Crippen molar-refractivity contribution in [3.63, 3.8) is 0 Å². The summed E-state index contributed by atoms with van der Waals surface area (Å²) < 4.78 is 30.4. The smallest absolute Gasteiger partial charge is 0.232 e. The fourth-order valence-corrected chi connectivity index (χ4v) is 3.08. The van der Waals surface area contributed by atoms with Crippen molar-refractivity contribution in [2.75, 3.05) is 24.2 Å². The Morgan fingerprint density at radius 1 is 1.21 bits per heavy atom. The van der Waals surface area contributed by atoms with Gasteiger partial charge in [-0.1, -0.05) is 13.8 Å². The average molecular weight is 356 g/mol. The van der Waals surface area contributed by atoms with Crippen molar-refractivity contribution >= 4 is 21.6 Å². The van der Waals surface area contributed by atoms with Gasteiger partial charge < -0.3 is 10.1 Å². The van der Waals surface area contributed by atoms with E-state index in [0.29, 0.717) is 30.2 Å². The number of nitrogens with one attached hydrogen (secondary N) is 1. The zero-order valence-electron chi connectivity index (χ0n) is 15.1. The molecule has 0 aliphatic heterocycles. The topological polar surface area (TPSA) is 75.7 Å². The first-order valence-electron chi connectivity index (χ1n) is 8.06. The lowest BCUT2D eigenvalue weighted by atomic mass is 10.1. The number of amides is 1. The maximum absolute atomic E-state index is 12.0. The van der Waals surface area contributed by atoms with Gasteiger partial charge in [-0.3, -0.25) is 9.10 Å². The lowest BCUT2D eigenvalue weighted by Gasteiger charge is -2.23. The van der Waals surface area contributed by atoms with Gasteiger partial charge in [-0.05, 0) is 43.5 Å². The molecule has 1 aromatic rings. The summed E-state index contributed by atoms with van der Waals surface area (Å²) in [4.78, 5) is 11.9. The van der Waals surface area contributed by atoms with Gasteiger partial charge in [-0.25, -0.2) is 8.42 Å². The second kappa shape index (κ2) is 8.92. The number of hydrogen-bond donors (Lipinski definition) is 1. The lowest BCUT2D eigenvalue weighted by molar-refractivity contribution is -0.122. The Kier molecular flexibility index (Phi) is 7.54. The first-order chi connectivity index (χ1) is 11.1. The number of methoxy groups -OCH3 is 1. The second-order valence-corrected chi connectivity index (χ2v) is 8.14. The normalized spacial score (nSPS) is 12.8. The SMILES string of the molecule is COc1ccc(N(CCCC(=O)N[C@@H](C)C(C)C)S(C)(=O)=O)cc1. The Balaban J connectivity index is 2.66. The molecule has 1 atom stereocenters. The molecule has 0 heterocycles. The summed E-state index contributed by atoms with van der Waals surface area (Å²) in [6, 6.07) is 6.92. The largest absolute Gasteiger partial charge is 0.497 e. The highest BCUT2D eigenvalue weighted by atomic mass is 32.2. The van der Waals surface area contributed by atoms with Crippen LogP contribution >= 0.6 is 0 Å². The highest BCUT2D eigenvalue weighted by molar-refractivity contribution is 7.92. The molecule has 0 saturated heterocycles. The number of ether oxygens (including phenoxy) is 1. The standard InChI is InChI=1S/C17H28N2O4S/c1-13(2)14(3)18-17(20)7-6-12-19(24(5,21)22)15-8-10-16(23-4)11-9-15/h8-11,13-14H,6-7,12H2,1-5H3,(H,18,20)/t14-/m0/s1. The van der Waals surface area contributed by atoms with Crippen LogP contribution < -0.4 is 14.4 Å². The number of carbonyl (C=O) groups is 1. The van der Waals surface area contributed by atoms with E-state index in [2.05, 4.69) is 5.32 Å². The van der Waals surface area contributed by atoms with Gasteiger partial charge >= 0.3 is 0 Å². The van der Waals surface area contributed by atoms with Crippen molar-refractivity contribution in [2.24, 2.45) is 5.92 Å². The van der Waals surface area contributed by atoms with Gasteiger partial charge in [-0.15, -0.1) is 0 Å². The number of sulfonamides is 1. The highest BCUT2D eigenvalue weighted by Crippen LogP contribution is 2.21. The average Bonchev–Trinajstić information content (AvgIpc) is 2.50.